The van der Waals surface area contributed by atoms with E-state index in [0.717, 1.165) is 40.7 Å². The molecule has 4 heterocycles. The van der Waals surface area contributed by atoms with Gasteiger partial charge in [0.25, 0.3) is 0 Å². The first-order valence-corrected chi connectivity index (χ1v) is 11.1. The molecular formula is C22H29N3O2S. The highest BCUT2D eigenvalue weighted by Gasteiger charge is 2.31. The molecule has 3 aromatic rings. The van der Waals surface area contributed by atoms with Crippen LogP contribution < -0.4 is 4.74 Å². The number of fused-ring (bicyclic) bond motifs is 5. The maximum Gasteiger partial charge on any atom is 0.234 e. The zero-order valence-corrected chi connectivity index (χ0v) is 18.3. The van der Waals surface area contributed by atoms with Crippen molar-refractivity contribution >= 4 is 31.8 Å². The standard InChI is InChI=1S/C22H29N3O2S/c1-6-7-8-26-20-19-18(23-12-24-20)17-14-10-22(4,5)27-11-15(14)16(9-13(2)3)25-21(17)28-19/h12-13H,6-11H2,1-5H3. The van der Waals surface area contributed by atoms with Gasteiger partial charge in [0, 0.05) is 23.1 Å². The third kappa shape index (κ3) is 3.60. The summed E-state index contributed by atoms with van der Waals surface area (Å²) >= 11 is 1.66. The van der Waals surface area contributed by atoms with Crippen LogP contribution >= 0.6 is 11.3 Å². The Kier molecular flexibility index (Phi) is 5.27. The fourth-order valence-corrected chi connectivity index (χ4v) is 4.95. The van der Waals surface area contributed by atoms with Gasteiger partial charge in [0.15, 0.2) is 0 Å². The average Bonchev–Trinajstić information content (AvgIpc) is 3.00. The van der Waals surface area contributed by atoms with Gasteiger partial charge in [0.1, 0.15) is 15.9 Å². The molecule has 1 aliphatic rings. The monoisotopic (exact) mass is 399 g/mol. The number of pyridine rings is 1. The highest BCUT2D eigenvalue weighted by Crippen LogP contribution is 2.42. The Balaban J connectivity index is 1.93. The summed E-state index contributed by atoms with van der Waals surface area (Å²) in [5.74, 6) is 1.23. The number of hydrogen-bond acceptors (Lipinski definition) is 6. The first-order chi connectivity index (χ1) is 13.4. The van der Waals surface area contributed by atoms with Gasteiger partial charge in [0.05, 0.1) is 24.3 Å². The van der Waals surface area contributed by atoms with Gasteiger partial charge >= 0.3 is 0 Å². The van der Waals surface area contributed by atoms with Gasteiger partial charge in [-0.3, -0.25) is 0 Å². The van der Waals surface area contributed by atoms with E-state index in [0.29, 0.717) is 25.0 Å². The molecule has 5 nitrogen and oxygen atoms in total. The molecule has 0 amide bonds. The third-order valence-electron chi connectivity index (χ3n) is 5.22. The van der Waals surface area contributed by atoms with Crippen molar-refractivity contribution in [1.29, 1.82) is 0 Å². The highest BCUT2D eigenvalue weighted by molar-refractivity contribution is 7.25. The van der Waals surface area contributed by atoms with Crippen LogP contribution in [0.25, 0.3) is 20.4 Å². The van der Waals surface area contributed by atoms with Crippen LogP contribution in [0.3, 0.4) is 0 Å². The van der Waals surface area contributed by atoms with E-state index in [1.165, 1.54) is 22.2 Å². The Hall–Kier alpha value is -1.79. The maximum atomic E-state index is 6.15. The van der Waals surface area contributed by atoms with Crippen molar-refractivity contribution in [2.75, 3.05) is 6.61 Å². The number of thiophene rings is 1. The highest BCUT2D eigenvalue weighted by atomic mass is 32.1. The molecule has 4 rings (SSSR count). The number of nitrogens with zero attached hydrogens (tertiary/aromatic N) is 3. The molecule has 0 radical (unpaired) electrons. The summed E-state index contributed by atoms with van der Waals surface area (Å²) in [6, 6.07) is 0. The summed E-state index contributed by atoms with van der Waals surface area (Å²) < 4.78 is 13.1. The Labute approximate surface area is 170 Å². The zero-order chi connectivity index (χ0) is 19.9. The number of aromatic nitrogens is 3. The van der Waals surface area contributed by atoms with E-state index in [9.17, 15) is 0 Å². The average molecular weight is 400 g/mol. The maximum absolute atomic E-state index is 6.15. The van der Waals surface area contributed by atoms with Crippen molar-refractivity contribution in [1.82, 2.24) is 15.0 Å². The van der Waals surface area contributed by atoms with Gasteiger partial charge in [-0.25, -0.2) is 15.0 Å². The normalized spacial score (nSPS) is 16.1. The summed E-state index contributed by atoms with van der Waals surface area (Å²) in [6.45, 7) is 12.3. The lowest BCUT2D eigenvalue weighted by atomic mass is 9.88. The lowest BCUT2D eigenvalue weighted by Crippen LogP contribution is -2.33. The van der Waals surface area contributed by atoms with Gasteiger partial charge in [0.2, 0.25) is 5.88 Å². The van der Waals surface area contributed by atoms with E-state index >= 15 is 0 Å². The third-order valence-corrected chi connectivity index (χ3v) is 6.28. The lowest BCUT2D eigenvalue weighted by Gasteiger charge is -2.33. The first kappa shape index (κ1) is 19.5. The predicted octanol–water partition coefficient (Wildman–Crippen LogP) is 5.47. The molecule has 0 N–H and O–H groups in total. The molecule has 0 aliphatic carbocycles. The van der Waals surface area contributed by atoms with E-state index in [-0.39, 0.29) is 5.60 Å². The van der Waals surface area contributed by atoms with E-state index < -0.39 is 0 Å². The minimum atomic E-state index is -0.182. The molecule has 6 heteroatoms. The molecule has 0 bridgehead atoms. The summed E-state index contributed by atoms with van der Waals surface area (Å²) in [5.41, 5.74) is 4.56. The first-order valence-electron chi connectivity index (χ1n) is 10.2. The fraction of sp³-hybridized carbons (Fsp3) is 0.591. The Morgan fingerprint density at radius 2 is 2.07 bits per heavy atom. The lowest BCUT2D eigenvalue weighted by molar-refractivity contribution is -0.0402. The van der Waals surface area contributed by atoms with Crippen molar-refractivity contribution < 1.29 is 9.47 Å². The second-order valence-electron chi connectivity index (χ2n) is 8.68. The van der Waals surface area contributed by atoms with Crippen LogP contribution in [0.2, 0.25) is 0 Å². The van der Waals surface area contributed by atoms with Crippen LogP contribution in [0.4, 0.5) is 0 Å². The fourth-order valence-electron chi connectivity index (χ4n) is 3.82. The summed E-state index contributed by atoms with van der Waals surface area (Å²) in [6.07, 6.45) is 5.57. The van der Waals surface area contributed by atoms with Gasteiger partial charge < -0.3 is 9.47 Å². The van der Waals surface area contributed by atoms with E-state index in [1.807, 2.05) is 0 Å². The summed E-state index contributed by atoms with van der Waals surface area (Å²) in [5, 5.41) is 1.17. The van der Waals surface area contributed by atoms with Crippen LogP contribution in [-0.2, 0) is 24.2 Å². The van der Waals surface area contributed by atoms with Crippen molar-refractivity contribution in [3.05, 3.63) is 23.1 Å². The van der Waals surface area contributed by atoms with Crippen LogP contribution in [0.15, 0.2) is 6.33 Å². The number of rotatable bonds is 6. The predicted molar refractivity (Wildman–Crippen MR) is 114 cm³/mol. The zero-order valence-electron chi connectivity index (χ0n) is 17.5. The second-order valence-corrected chi connectivity index (χ2v) is 9.68. The molecule has 150 valence electrons. The smallest absolute Gasteiger partial charge is 0.234 e. The Morgan fingerprint density at radius 1 is 1.25 bits per heavy atom. The van der Waals surface area contributed by atoms with Gasteiger partial charge in [-0.1, -0.05) is 27.2 Å². The molecular weight excluding hydrogens is 370 g/mol. The molecule has 0 aromatic carbocycles. The van der Waals surface area contributed by atoms with Crippen molar-refractivity contribution in [3.8, 4) is 5.88 Å². The van der Waals surface area contributed by atoms with Crippen molar-refractivity contribution in [3.63, 3.8) is 0 Å². The van der Waals surface area contributed by atoms with E-state index in [2.05, 4.69) is 44.6 Å². The van der Waals surface area contributed by atoms with Crippen molar-refractivity contribution in [2.24, 2.45) is 5.92 Å². The van der Waals surface area contributed by atoms with Crippen LogP contribution in [0.1, 0.15) is 64.3 Å². The van der Waals surface area contributed by atoms with Gasteiger partial charge in [-0.2, -0.15) is 0 Å². The quantitative estimate of drug-likeness (QED) is 0.515. The second kappa shape index (κ2) is 7.56. The van der Waals surface area contributed by atoms with Gasteiger partial charge in [-0.15, -0.1) is 11.3 Å². The molecule has 28 heavy (non-hydrogen) atoms. The Bertz CT molecular complexity index is 1010. The Morgan fingerprint density at radius 3 is 2.82 bits per heavy atom. The van der Waals surface area contributed by atoms with E-state index in [4.69, 9.17) is 14.5 Å². The molecule has 0 saturated carbocycles. The number of hydrogen-bond donors (Lipinski definition) is 0. The molecule has 0 atom stereocenters. The molecule has 0 fully saturated rings. The van der Waals surface area contributed by atoms with Gasteiger partial charge in [-0.05, 0) is 38.2 Å². The summed E-state index contributed by atoms with van der Waals surface area (Å²) in [4.78, 5) is 15.2. The molecule has 3 aromatic heterocycles. The molecule has 0 spiro atoms. The topological polar surface area (TPSA) is 57.1 Å². The summed E-state index contributed by atoms with van der Waals surface area (Å²) in [7, 11) is 0. The van der Waals surface area contributed by atoms with Crippen LogP contribution in [0, 0.1) is 5.92 Å². The molecule has 0 unspecified atom stereocenters. The van der Waals surface area contributed by atoms with Crippen molar-refractivity contribution in [2.45, 2.75) is 72.5 Å². The minimum absolute atomic E-state index is 0.182. The number of ether oxygens (including phenoxy) is 2. The number of unbranched alkanes of at least 4 members (excludes halogenated alkanes) is 1. The van der Waals surface area contributed by atoms with Crippen LogP contribution in [-0.4, -0.2) is 27.2 Å². The largest absolute Gasteiger partial charge is 0.477 e. The van der Waals surface area contributed by atoms with E-state index in [1.54, 1.807) is 17.7 Å². The SMILES string of the molecule is CCCCOc1ncnc2c1sc1nc(CC(C)C)c3c(c12)CC(C)(C)OC3. The van der Waals surface area contributed by atoms with Crippen LogP contribution in [0.5, 0.6) is 5.88 Å². The minimum Gasteiger partial charge on any atom is -0.477 e. The molecule has 0 saturated heterocycles. The molecule has 1 aliphatic heterocycles.